The van der Waals surface area contributed by atoms with Gasteiger partial charge in [0, 0.05) is 31.6 Å². The first-order chi connectivity index (χ1) is 15.5. The first-order valence-corrected chi connectivity index (χ1v) is 11.0. The minimum absolute atomic E-state index is 0.202. The summed E-state index contributed by atoms with van der Waals surface area (Å²) in [6.07, 6.45) is 1.62. The van der Waals surface area contributed by atoms with E-state index in [9.17, 15) is 4.79 Å². The molecule has 3 N–H and O–H groups in total. The van der Waals surface area contributed by atoms with Gasteiger partial charge in [-0.05, 0) is 36.8 Å². The predicted octanol–water partition coefficient (Wildman–Crippen LogP) is 4.20. The fourth-order valence-electron chi connectivity index (χ4n) is 3.08. The quantitative estimate of drug-likeness (QED) is 0.363. The minimum atomic E-state index is -0.202. The molecule has 0 atom stereocenters. The lowest BCUT2D eigenvalue weighted by atomic mass is 10.2. The van der Waals surface area contributed by atoms with Crippen molar-refractivity contribution in [3.05, 3.63) is 41.0 Å². The Morgan fingerprint density at radius 2 is 2.03 bits per heavy atom. The van der Waals surface area contributed by atoms with Crippen molar-refractivity contribution < 1.29 is 9.53 Å². The van der Waals surface area contributed by atoms with Crippen molar-refractivity contribution in [1.29, 1.82) is 0 Å². The van der Waals surface area contributed by atoms with E-state index in [0.717, 1.165) is 16.8 Å². The molecule has 1 aromatic carbocycles. The van der Waals surface area contributed by atoms with Crippen LogP contribution in [0.2, 0.25) is 5.02 Å². The number of benzene rings is 1. The average molecular weight is 473 g/mol. The molecule has 32 heavy (non-hydrogen) atoms. The van der Waals surface area contributed by atoms with Gasteiger partial charge in [-0.25, -0.2) is 9.78 Å². The van der Waals surface area contributed by atoms with E-state index < -0.39 is 0 Å². The summed E-state index contributed by atoms with van der Waals surface area (Å²) in [6.45, 7) is 7.49. The summed E-state index contributed by atoms with van der Waals surface area (Å²) in [5.41, 5.74) is 5.91. The van der Waals surface area contributed by atoms with Gasteiger partial charge in [-0.15, -0.1) is 10.2 Å². The smallest absolute Gasteiger partial charge is 0.323 e. The largest absolute Gasteiger partial charge is 0.378 e. The number of aromatic nitrogens is 3. The van der Waals surface area contributed by atoms with Crippen LogP contribution >= 0.6 is 22.9 Å². The maximum atomic E-state index is 12.4. The van der Waals surface area contributed by atoms with Gasteiger partial charge in [0.05, 0.1) is 29.6 Å². The Kier molecular flexibility index (Phi) is 6.78. The number of ether oxygens (including phenoxy) is 1. The average Bonchev–Trinajstić information content (AvgIpc) is 3.28. The summed E-state index contributed by atoms with van der Waals surface area (Å²) in [5.74, 6) is 0.446. The maximum Gasteiger partial charge on any atom is 0.323 e. The van der Waals surface area contributed by atoms with E-state index in [1.54, 1.807) is 17.2 Å². The fourth-order valence-corrected chi connectivity index (χ4v) is 4.04. The topological polar surface area (TPSA) is 117 Å². The molecular formula is C20H21ClN8O2S. The third-order valence-electron chi connectivity index (χ3n) is 4.79. The molecule has 10 nitrogen and oxygen atoms in total. The van der Waals surface area contributed by atoms with Crippen LogP contribution in [0.1, 0.15) is 5.56 Å². The van der Waals surface area contributed by atoms with Crippen LogP contribution in [0.5, 0.6) is 0 Å². The molecule has 4 rings (SSSR count). The highest BCUT2D eigenvalue weighted by atomic mass is 35.5. The number of halogens is 1. The standard InChI is InChI=1S/C20H21ClN8O2S/c1-12-14(26-22-2)3-4-15(17(12)21)24-19-28-27-18(32-19)13-5-6-23-16(11-13)25-20(30)29-7-9-31-10-8-29/h3-6,11,26H,2,7-10H2,1H3,(H,24,28)(H,23,25,30). The summed E-state index contributed by atoms with van der Waals surface area (Å²) >= 11 is 7.83. The number of morpholine rings is 1. The molecule has 0 unspecified atom stereocenters. The van der Waals surface area contributed by atoms with Crippen molar-refractivity contribution in [2.24, 2.45) is 5.10 Å². The molecule has 12 heteroatoms. The number of hydrogen-bond donors (Lipinski definition) is 3. The number of carbonyl (C=O) groups excluding carboxylic acids is 1. The second-order valence-electron chi connectivity index (χ2n) is 6.87. The first kappa shape index (κ1) is 21.9. The Morgan fingerprint density at radius 3 is 2.81 bits per heavy atom. The molecule has 0 bridgehead atoms. The van der Waals surface area contributed by atoms with Crippen LogP contribution in [0, 0.1) is 6.92 Å². The monoisotopic (exact) mass is 472 g/mol. The first-order valence-electron chi connectivity index (χ1n) is 9.76. The molecule has 1 fully saturated rings. The minimum Gasteiger partial charge on any atom is -0.378 e. The zero-order chi connectivity index (χ0) is 22.5. The molecule has 3 heterocycles. The lowest BCUT2D eigenvalue weighted by molar-refractivity contribution is 0.0564. The molecule has 3 aromatic rings. The molecule has 0 spiro atoms. The van der Waals surface area contributed by atoms with Gasteiger partial charge in [-0.2, -0.15) is 5.10 Å². The second kappa shape index (κ2) is 9.90. The zero-order valence-corrected chi connectivity index (χ0v) is 18.8. The van der Waals surface area contributed by atoms with Gasteiger partial charge >= 0.3 is 6.03 Å². The van der Waals surface area contributed by atoms with E-state index >= 15 is 0 Å². The van der Waals surface area contributed by atoms with Crippen molar-refractivity contribution in [2.75, 3.05) is 42.4 Å². The normalized spacial score (nSPS) is 13.5. The van der Waals surface area contributed by atoms with E-state index in [1.807, 2.05) is 25.1 Å². The van der Waals surface area contributed by atoms with Gasteiger partial charge in [-0.3, -0.25) is 10.7 Å². The molecule has 0 radical (unpaired) electrons. The molecular weight excluding hydrogens is 452 g/mol. The van der Waals surface area contributed by atoms with Crippen LogP contribution in [0.3, 0.4) is 0 Å². The summed E-state index contributed by atoms with van der Waals surface area (Å²) in [6, 6.07) is 7.06. The van der Waals surface area contributed by atoms with E-state index in [4.69, 9.17) is 16.3 Å². The van der Waals surface area contributed by atoms with Gasteiger partial charge in [0.25, 0.3) is 0 Å². The van der Waals surface area contributed by atoms with Crippen molar-refractivity contribution in [1.82, 2.24) is 20.1 Å². The van der Waals surface area contributed by atoms with E-state index in [-0.39, 0.29) is 6.03 Å². The van der Waals surface area contributed by atoms with E-state index in [0.29, 0.717) is 53.0 Å². The summed E-state index contributed by atoms with van der Waals surface area (Å²) < 4.78 is 5.28. The molecule has 1 aliphatic heterocycles. The Balaban J connectivity index is 1.47. The van der Waals surface area contributed by atoms with Crippen molar-refractivity contribution in [2.45, 2.75) is 6.92 Å². The molecule has 0 saturated carbocycles. The number of carbonyl (C=O) groups is 1. The Bertz CT molecular complexity index is 1130. The van der Waals surface area contributed by atoms with Crippen molar-refractivity contribution in [3.63, 3.8) is 0 Å². The van der Waals surface area contributed by atoms with Crippen LogP contribution in [0.25, 0.3) is 10.6 Å². The van der Waals surface area contributed by atoms with Crippen LogP contribution < -0.4 is 16.1 Å². The maximum absolute atomic E-state index is 12.4. The number of nitrogens with zero attached hydrogens (tertiary/aromatic N) is 5. The Hall–Kier alpha value is -3.28. The molecule has 2 aromatic heterocycles. The highest BCUT2D eigenvalue weighted by Crippen LogP contribution is 2.35. The molecule has 166 valence electrons. The summed E-state index contributed by atoms with van der Waals surface area (Å²) in [5, 5.41) is 20.0. The van der Waals surface area contributed by atoms with Gasteiger partial charge in [-0.1, -0.05) is 22.9 Å². The van der Waals surface area contributed by atoms with Crippen LogP contribution in [-0.4, -0.2) is 59.1 Å². The van der Waals surface area contributed by atoms with Gasteiger partial charge in [0.2, 0.25) is 5.13 Å². The van der Waals surface area contributed by atoms with Gasteiger partial charge in [0.15, 0.2) is 0 Å². The van der Waals surface area contributed by atoms with E-state index in [1.165, 1.54) is 11.3 Å². The number of pyridine rings is 1. The number of urea groups is 1. The third kappa shape index (κ3) is 4.96. The highest BCUT2D eigenvalue weighted by molar-refractivity contribution is 7.18. The zero-order valence-electron chi connectivity index (χ0n) is 17.3. The second-order valence-corrected chi connectivity index (χ2v) is 8.22. The number of hydrogen-bond acceptors (Lipinski definition) is 9. The van der Waals surface area contributed by atoms with Crippen LogP contribution in [0.15, 0.2) is 35.6 Å². The predicted molar refractivity (Wildman–Crippen MR) is 127 cm³/mol. The number of nitrogens with one attached hydrogen (secondary N) is 3. The van der Waals surface area contributed by atoms with Gasteiger partial charge < -0.3 is 15.0 Å². The molecule has 2 amide bonds. The lowest BCUT2D eigenvalue weighted by Crippen LogP contribution is -2.43. The van der Waals surface area contributed by atoms with Gasteiger partial charge in [0.1, 0.15) is 10.8 Å². The number of anilines is 4. The van der Waals surface area contributed by atoms with Crippen molar-refractivity contribution >= 4 is 58.0 Å². The van der Waals surface area contributed by atoms with Crippen LogP contribution in [-0.2, 0) is 4.74 Å². The number of amides is 2. The Labute approximate surface area is 193 Å². The fraction of sp³-hybridized carbons (Fsp3) is 0.250. The van der Waals surface area contributed by atoms with Crippen molar-refractivity contribution in [3.8, 4) is 10.6 Å². The third-order valence-corrected chi connectivity index (χ3v) is 6.17. The summed E-state index contributed by atoms with van der Waals surface area (Å²) in [4.78, 5) is 18.3. The SMILES string of the molecule is C=NNc1ccc(Nc2nnc(-c3ccnc(NC(=O)N4CCOCC4)c3)s2)c(Cl)c1C. The summed E-state index contributed by atoms with van der Waals surface area (Å²) in [7, 11) is 0. The number of hydrazone groups is 1. The number of rotatable bonds is 6. The molecule has 1 saturated heterocycles. The molecule has 1 aliphatic rings. The van der Waals surface area contributed by atoms with Crippen LogP contribution in [0.4, 0.5) is 27.1 Å². The lowest BCUT2D eigenvalue weighted by Gasteiger charge is -2.26. The highest BCUT2D eigenvalue weighted by Gasteiger charge is 2.18. The van der Waals surface area contributed by atoms with E-state index in [2.05, 4.69) is 43.1 Å². The molecule has 0 aliphatic carbocycles. The Morgan fingerprint density at radius 1 is 1.25 bits per heavy atom.